The van der Waals surface area contributed by atoms with Gasteiger partial charge >= 0.3 is 5.97 Å². The fourth-order valence-corrected chi connectivity index (χ4v) is 2.89. The Morgan fingerprint density at radius 3 is 2.80 bits per heavy atom. The zero-order valence-corrected chi connectivity index (χ0v) is 13.2. The summed E-state index contributed by atoms with van der Waals surface area (Å²) >= 11 is 1.60. The molecule has 0 aliphatic heterocycles. The summed E-state index contributed by atoms with van der Waals surface area (Å²) < 4.78 is 5.17. The van der Waals surface area contributed by atoms with Gasteiger partial charge in [0.25, 0.3) is 0 Å². The Bertz CT molecular complexity index is 299. The molecule has 0 radical (unpaired) electrons. The van der Waals surface area contributed by atoms with Gasteiger partial charge in [-0.25, -0.2) is 0 Å². The maximum atomic E-state index is 12.1. The van der Waals surface area contributed by atoms with Crippen LogP contribution in [-0.2, 0) is 9.53 Å². The minimum absolute atomic E-state index is 0.174. The Kier molecular flexibility index (Phi) is 7.87. The van der Waals surface area contributed by atoms with Gasteiger partial charge in [-0.2, -0.15) is 11.8 Å². The molecule has 0 saturated heterocycles. The van der Waals surface area contributed by atoms with Crippen LogP contribution in [0.15, 0.2) is 0 Å². The van der Waals surface area contributed by atoms with E-state index in [1.165, 1.54) is 0 Å². The number of hydrogen-bond acceptors (Lipinski definition) is 6. The predicted octanol–water partition coefficient (Wildman–Crippen LogP) is 0.927. The van der Waals surface area contributed by atoms with Crippen molar-refractivity contribution in [1.29, 1.82) is 0 Å². The lowest BCUT2D eigenvalue weighted by Crippen LogP contribution is -2.51. The molecule has 1 aliphatic carbocycles. The number of carbonyl (C=O) groups excluding carboxylic acids is 1. The van der Waals surface area contributed by atoms with Crippen molar-refractivity contribution in [3.05, 3.63) is 0 Å². The quantitative estimate of drug-likeness (QED) is 0.389. The number of aliphatic hydroxyl groups excluding tert-OH is 2. The summed E-state index contributed by atoms with van der Waals surface area (Å²) in [7, 11) is 0. The first kappa shape index (κ1) is 17.8. The second kappa shape index (κ2) is 8.87. The van der Waals surface area contributed by atoms with Gasteiger partial charge in [0.1, 0.15) is 5.54 Å². The second-order valence-corrected chi connectivity index (χ2v) is 6.64. The van der Waals surface area contributed by atoms with Gasteiger partial charge in [-0.05, 0) is 45.3 Å². The number of nitrogens with one attached hydrogen (secondary N) is 1. The van der Waals surface area contributed by atoms with E-state index < -0.39 is 11.6 Å². The van der Waals surface area contributed by atoms with Crippen LogP contribution in [0, 0.1) is 0 Å². The summed E-state index contributed by atoms with van der Waals surface area (Å²) in [5.41, 5.74) is -0.604. The monoisotopic (exact) mass is 305 g/mol. The molecule has 0 bridgehead atoms. The Balaban J connectivity index is 2.30. The SMILES string of the molecule is CCOC(=O)C(C)(CCCSCC(O)CO)NC1CC1. The molecule has 1 rings (SSSR count). The van der Waals surface area contributed by atoms with Gasteiger partial charge in [-0.1, -0.05) is 0 Å². The Labute approximate surface area is 125 Å². The van der Waals surface area contributed by atoms with Crippen LogP contribution in [-0.4, -0.2) is 58.6 Å². The lowest BCUT2D eigenvalue weighted by molar-refractivity contribution is -0.151. The van der Waals surface area contributed by atoms with Gasteiger partial charge in [0.2, 0.25) is 0 Å². The average Bonchev–Trinajstić information content (AvgIpc) is 3.22. The van der Waals surface area contributed by atoms with E-state index in [4.69, 9.17) is 9.84 Å². The van der Waals surface area contributed by atoms with Crippen molar-refractivity contribution in [2.45, 2.75) is 57.2 Å². The molecule has 5 nitrogen and oxygen atoms in total. The highest BCUT2D eigenvalue weighted by Gasteiger charge is 2.39. The number of esters is 1. The molecule has 118 valence electrons. The topological polar surface area (TPSA) is 78.8 Å². The lowest BCUT2D eigenvalue weighted by atomic mass is 9.96. The van der Waals surface area contributed by atoms with Crippen LogP contribution >= 0.6 is 11.8 Å². The zero-order chi connectivity index (χ0) is 15.0. The third kappa shape index (κ3) is 6.43. The van der Waals surface area contributed by atoms with E-state index in [1.54, 1.807) is 11.8 Å². The van der Waals surface area contributed by atoms with Gasteiger partial charge in [0.15, 0.2) is 0 Å². The average molecular weight is 305 g/mol. The summed E-state index contributed by atoms with van der Waals surface area (Å²) in [4.78, 5) is 12.1. The van der Waals surface area contributed by atoms with E-state index >= 15 is 0 Å². The third-order valence-corrected chi connectivity index (χ3v) is 4.51. The van der Waals surface area contributed by atoms with Crippen LogP contribution in [0.5, 0.6) is 0 Å². The number of hydrogen-bond donors (Lipinski definition) is 3. The van der Waals surface area contributed by atoms with Crippen LogP contribution < -0.4 is 5.32 Å². The molecule has 1 fully saturated rings. The number of thioether (sulfide) groups is 1. The summed E-state index contributed by atoms with van der Waals surface area (Å²) in [6.07, 6.45) is 3.21. The van der Waals surface area contributed by atoms with Gasteiger partial charge in [0.05, 0.1) is 19.3 Å². The van der Waals surface area contributed by atoms with E-state index in [0.717, 1.165) is 31.4 Å². The van der Waals surface area contributed by atoms with Crippen molar-refractivity contribution < 1.29 is 19.7 Å². The highest BCUT2D eigenvalue weighted by Crippen LogP contribution is 2.26. The van der Waals surface area contributed by atoms with Crippen molar-refractivity contribution in [3.63, 3.8) is 0 Å². The standard InChI is InChI=1S/C14H27NO4S/c1-3-19-13(18)14(2,15-11-5-6-11)7-4-8-20-10-12(17)9-16/h11-12,15-17H,3-10H2,1-2H3. The van der Waals surface area contributed by atoms with Gasteiger partial charge < -0.3 is 14.9 Å². The predicted molar refractivity (Wildman–Crippen MR) is 80.8 cm³/mol. The Morgan fingerprint density at radius 1 is 1.55 bits per heavy atom. The molecule has 0 amide bonds. The molecule has 2 unspecified atom stereocenters. The highest BCUT2D eigenvalue weighted by atomic mass is 32.2. The van der Waals surface area contributed by atoms with Crippen molar-refractivity contribution >= 4 is 17.7 Å². The fraction of sp³-hybridized carbons (Fsp3) is 0.929. The van der Waals surface area contributed by atoms with Crippen LogP contribution in [0.25, 0.3) is 0 Å². The molecular formula is C14H27NO4S. The van der Waals surface area contributed by atoms with Gasteiger partial charge in [-0.3, -0.25) is 10.1 Å². The zero-order valence-electron chi connectivity index (χ0n) is 12.4. The lowest BCUT2D eigenvalue weighted by Gasteiger charge is -2.28. The van der Waals surface area contributed by atoms with E-state index in [1.807, 2.05) is 13.8 Å². The van der Waals surface area contributed by atoms with E-state index in [9.17, 15) is 9.90 Å². The van der Waals surface area contributed by atoms with E-state index in [2.05, 4.69) is 5.32 Å². The smallest absolute Gasteiger partial charge is 0.326 e. The molecule has 0 aromatic carbocycles. The van der Waals surface area contributed by atoms with Crippen molar-refractivity contribution in [2.75, 3.05) is 24.7 Å². The summed E-state index contributed by atoms with van der Waals surface area (Å²) in [5, 5.41) is 21.4. The maximum absolute atomic E-state index is 12.1. The number of rotatable bonds is 11. The normalized spacial score (nSPS) is 19.4. The molecule has 0 spiro atoms. The summed E-state index contributed by atoms with van der Waals surface area (Å²) in [5.74, 6) is 1.22. The first-order valence-corrected chi connectivity index (χ1v) is 8.49. The molecule has 0 aromatic heterocycles. The van der Waals surface area contributed by atoms with E-state index in [0.29, 0.717) is 18.4 Å². The van der Waals surface area contributed by atoms with Crippen LogP contribution in [0.2, 0.25) is 0 Å². The molecule has 0 aromatic rings. The van der Waals surface area contributed by atoms with Crippen LogP contribution in [0.4, 0.5) is 0 Å². The molecule has 3 N–H and O–H groups in total. The van der Waals surface area contributed by atoms with Crippen molar-refractivity contribution in [1.82, 2.24) is 5.32 Å². The minimum Gasteiger partial charge on any atom is -0.465 e. The van der Waals surface area contributed by atoms with Crippen LogP contribution in [0.3, 0.4) is 0 Å². The van der Waals surface area contributed by atoms with Gasteiger partial charge in [0, 0.05) is 11.8 Å². The minimum atomic E-state index is -0.652. The van der Waals surface area contributed by atoms with E-state index in [-0.39, 0.29) is 12.6 Å². The van der Waals surface area contributed by atoms with Crippen molar-refractivity contribution in [3.8, 4) is 0 Å². The van der Waals surface area contributed by atoms with Gasteiger partial charge in [-0.15, -0.1) is 0 Å². The molecule has 6 heteroatoms. The molecule has 20 heavy (non-hydrogen) atoms. The molecule has 1 saturated carbocycles. The molecular weight excluding hydrogens is 278 g/mol. The Hall–Kier alpha value is -0.300. The molecule has 1 aliphatic rings. The second-order valence-electron chi connectivity index (χ2n) is 5.49. The number of carbonyl (C=O) groups is 1. The largest absolute Gasteiger partial charge is 0.465 e. The Morgan fingerprint density at radius 2 is 2.25 bits per heavy atom. The number of ether oxygens (including phenoxy) is 1. The third-order valence-electron chi connectivity index (χ3n) is 3.31. The fourth-order valence-electron chi connectivity index (χ4n) is 2.00. The van der Waals surface area contributed by atoms with Crippen molar-refractivity contribution in [2.24, 2.45) is 0 Å². The van der Waals surface area contributed by atoms with Crippen LogP contribution in [0.1, 0.15) is 39.5 Å². The summed E-state index contributed by atoms with van der Waals surface area (Å²) in [6, 6.07) is 0.452. The first-order valence-electron chi connectivity index (χ1n) is 7.33. The molecule has 0 heterocycles. The maximum Gasteiger partial charge on any atom is 0.326 e. The molecule has 2 atom stereocenters. The highest BCUT2D eigenvalue weighted by molar-refractivity contribution is 7.99. The number of aliphatic hydroxyl groups is 2. The summed E-state index contributed by atoms with van der Waals surface area (Å²) in [6.45, 7) is 3.94. The first-order chi connectivity index (χ1) is 9.51.